The Bertz CT molecular complexity index is 687. The minimum atomic E-state index is 0.122. The summed E-state index contributed by atoms with van der Waals surface area (Å²) >= 11 is 0. The summed E-state index contributed by atoms with van der Waals surface area (Å²) in [6.07, 6.45) is 2.66. The number of carbonyl (C=O) groups is 1. The molecule has 0 N–H and O–H groups in total. The van der Waals surface area contributed by atoms with Gasteiger partial charge in [0, 0.05) is 37.8 Å². The maximum absolute atomic E-state index is 12.6. The molecule has 1 aliphatic carbocycles. The van der Waals surface area contributed by atoms with Crippen molar-refractivity contribution >= 4 is 5.91 Å². The molecular weight excluding hydrogens is 300 g/mol. The molecule has 1 heterocycles. The number of carbonyl (C=O) groups excluding carboxylic acids is 1. The van der Waals surface area contributed by atoms with Crippen molar-refractivity contribution in [2.75, 3.05) is 26.2 Å². The highest BCUT2D eigenvalue weighted by Gasteiger charge is 2.32. The van der Waals surface area contributed by atoms with Crippen molar-refractivity contribution in [3.8, 4) is 11.5 Å². The summed E-state index contributed by atoms with van der Waals surface area (Å²) in [7, 11) is 0. The first-order valence-electron chi connectivity index (χ1n) is 8.66. The molecule has 1 saturated carbocycles. The average Bonchev–Trinajstić information content (AvgIpc) is 3.48. The third-order valence-electron chi connectivity index (χ3n) is 4.74. The topological polar surface area (TPSA) is 32.8 Å². The molecule has 4 nitrogen and oxygen atoms in total. The smallest absolute Gasteiger partial charge is 0.253 e. The molecule has 4 heteroatoms. The van der Waals surface area contributed by atoms with E-state index in [4.69, 9.17) is 4.74 Å². The van der Waals surface area contributed by atoms with Gasteiger partial charge >= 0.3 is 0 Å². The van der Waals surface area contributed by atoms with E-state index in [1.807, 2.05) is 59.5 Å². The fraction of sp³-hybridized carbons (Fsp3) is 0.350. The van der Waals surface area contributed by atoms with Crippen LogP contribution < -0.4 is 4.74 Å². The molecule has 1 saturated heterocycles. The van der Waals surface area contributed by atoms with E-state index in [1.54, 1.807) is 0 Å². The Morgan fingerprint density at radius 3 is 2.08 bits per heavy atom. The number of hydrogen-bond acceptors (Lipinski definition) is 3. The van der Waals surface area contributed by atoms with Gasteiger partial charge in [-0.2, -0.15) is 0 Å². The van der Waals surface area contributed by atoms with Crippen molar-refractivity contribution in [3.63, 3.8) is 0 Å². The van der Waals surface area contributed by atoms with Gasteiger partial charge in [0.1, 0.15) is 11.5 Å². The van der Waals surface area contributed by atoms with E-state index in [1.165, 1.54) is 12.8 Å². The Labute approximate surface area is 142 Å². The van der Waals surface area contributed by atoms with Gasteiger partial charge in [-0.1, -0.05) is 18.2 Å². The van der Waals surface area contributed by atoms with Crippen LogP contribution in [0.2, 0.25) is 0 Å². The molecule has 2 aromatic carbocycles. The van der Waals surface area contributed by atoms with E-state index in [0.29, 0.717) is 0 Å². The van der Waals surface area contributed by atoms with E-state index >= 15 is 0 Å². The van der Waals surface area contributed by atoms with Gasteiger partial charge in [-0.05, 0) is 49.2 Å². The first kappa shape index (κ1) is 15.2. The van der Waals surface area contributed by atoms with Crippen molar-refractivity contribution in [3.05, 3.63) is 60.2 Å². The molecule has 0 atom stereocenters. The van der Waals surface area contributed by atoms with E-state index in [-0.39, 0.29) is 5.91 Å². The molecule has 0 spiro atoms. The summed E-state index contributed by atoms with van der Waals surface area (Å²) in [6, 6.07) is 17.9. The molecule has 0 bridgehead atoms. The van der Waals surface area contributed by atoms with Crippen molar-refractivity contribution in [1.82, 2.24) is 9.80 Å². The number of amides is 1. The van der Waals surface area contributed by atoms with E-state index in [0.717, 1.165) is 49.3 Å². The zero-order chi connectivity index (χ0) is 16.4. The predicted molar refractivity (Wildman–Crippen MR) is 93.5 cm³/mol. The summed E-state index contributed by atoms with van der Waals surface area (Å²) < 4.78 is 5.77. The van der Waals surface area contributed by atoms with Crippen molar-refractivity contribution in [1.29, 1.82) is 0 Å². The highest BCUT2D eigenvalue weighted by molar-refractivity contribution is 5.94. The molecule has 2 fully saturated rings. The molecule has 1 amide bonds. The van der Waals surface area contributed by atoms with Crippen LogP contribution in [0.4, 0.5) is 0 Å². The van der Waals surface area contributed by atoms with E-state index in [9.17, 15) is 4.79 Å². The normalized spacial score (nSPS) is 18.4. The zero-order valence-corrected chi connectivity index (χ0v) is 13.7. The lowest BCUT2D eigenvalue weighted by molar-refractivity contribution is 0.0627. The lowest BCUT2D eigenvalue weighted by Gasteiger charge is -2.34. The summed E-state index contributed by atoms with van der Waals surface area (Å²) in [6.45, 7) is 3.67. The van der Waals surface area contributed by atoms with Crippen LogP contribution in [0.15, 0.2) is 54.6 Å². The molecule has 24 heavy (non-hydrogen) atoms. The highest BCUT2D eigenvalue weighted by Crippen LogP contribution is 2.28. The van der Waals surface area contributed by atoms with Gasteiger partial charge in [0.25, 0.3) is 5.91 Å². The summed E-state index contributed by atoms with van der Waals surface area (Å²) in [5.74, 6) is 1.67. The van der Waals surface area contributed by atoms with Crippen LogP contribution in [0.5, 0.6) is 11.5 Å². The second kappa shape index (κ2) is 6.65. The van der Waals surface area contributed by atoms with Gasteiger partial charge in [-0.25, -0.2) is 0 Å². The summed E-state index contributed by atoms with van der Waals surface area (Å²) in [5, 5.41) is 0. The Morgan fingerprint density at radius 2 is 1.46 bits per heavy atom. The van der Waals surface area contributed by atoms with Crippen LogP contribution in [-0.4, -0.2) is 47.9 Å². The maximum atomic E-state index is 12.6. The van der Waals surface area contributed by atoms with Gasteiger partial charge in [0.2, 0.25) is 0 Å². The van der Waals surface area contributed by atoms with Gasteiger partial charge in [-0.3, -0.25) is 9.69 Å². The predicted octanol–water partition coefficient (Wildman–Crippen LogP) is 3.40. The number of hydrogen-bond donors (Lipinski definition) is 0. The summed E-state index contributed by atoms with van der Waals surface area (Å²) in [4.78, 5) is 17.1. The molecule has 0 radical (unpaired) electrons. The quantitative estimate of drug-likeness (QED) is 0.865. The fourth-order valence-electron chi connectivity index (χ4n) is 3.20. The largest absolute Gasteiger partial charge is 0.457 e. The van der Waals surface area contributed by atoms with Crippen LogP contribution in [0.3, 0.4) is 0 Å². The SMILES string of the molecule is O=C(c1ccc(Oc2ccccc2)cc1)N1CCN(C2CC2)CC1. The number of para-hydroxylation sites is 1. The number of piperazine rings is 1. The number of nitrogens with zero attached hydrogens (tertiary/aromatic N) is 2. The molecule has 0 aromatic heterocycles. The zero-order valence-electron chi connectivity index (χ0n) is 13.7. The second-order valence-corrected chi connectivity index (χ2v) is 6.50. The lowest BCUT2D eigenvalue weighted by Crippen LogP contribution is -2.49. The van der Waals surface area contributed by atoms with Crippen molar-refractivity contribution in [2.45, 2.75) is 18.9 Å². The highest BCUT2D eigenvalue weighted by atomic mass is 16.5. The Balaban J connectivity index is 1.36. The Kier molecular flexibility index (Phi) is 4.22. The second-order valence-electron chi connectivity index (χ2n) is 6.50. The molecule has 2 aliphatic rings. The first-order valence-corrected chi connectivity index (χ1v) is 8.66. The van der Waals surface area contributed by atoms with E-state index in [2.05, 4.69) is 4.90 Å². The standard InChI is InChI=1S/C20H22N2O2/c23-20(22-14-12-21(13-15-22)17-8-9-17)16-6-10-19(11-7-16)24-18-4-2-1-3-5-18/h1-7,10-11,17H,8-9,12-15H2. The number of rotatable bonds is 4. The maximum Gasteiger partial charge on any atom is 0.253 e. The Morgan fingerprint density at radius 1 is 0.833 bits per heavy atom. The van der Waals surface area contributed by atoms with E-state index < -0.39 is 0 Å². The summed E-state index contributed by atoms with van der Waals surface area (Å²) in [5.41, 5.74) is 0.732. The van der Waals surface area contributed by atoms with Crippen LogP contribution in [0, 0.1) is 0 Å². The van der Waals surface area contributed by atoms with Gasteiger partial charge in [0.15, 0.2) is 0 Å². The van der Waals surface area contributed by atoms with Crippen molar-refractivity contribution < 1.29 is 9.53 Å². The van der Waals surface area contributed by atoms with Gasteiger partial charge < -0.3 is 9.64 Å². The lowest BCUT2D eigenvalue weighted by atomic mass is 10.1. The molecular formula is C20H22N2O2. The van der Waals surface area contributed by atoms with Crippen LogP contribution >= 0.6 is 0 Å². The molecule has 124 valence electrons. The molecule has 0 unspecified atom stereocenters. The number of benzene rings is 2. The third kappa shape index (κ3) is 3.44. The number of ether oxygens (including phenoxy) is 1. The first-order chi connectivity index (χ1) is 11.8. The minimum absolute atomic E-state index is 0.122. The van der Waals surface area contributed by atoms with Gasteiger partial charge in [-0.15, -0.1) is 0 Å². The van der Waals surface area contributed by atoms with Crippen LogP contribution in [0.1, 0.15) is 23.2 Å². The molecule has 1 aliphatic heterocycles. The Hall–Kier alpha value is -2.33. The third-order valence-corrected chi connectivity index (χ3v) is 4.74. The van der Waals surface area contributed by atoms with Gasteiger partial charge in [0.05, 0.1) is 0 Å². The average molecular weight is 322 g/mol. The monoisotopic (exact) mass is 322 g/mol. The van der Waals surface area contributed by atoms with Crippen molar-refractivity contribution in [2.24, 2.45) is 0 Å². The molecule has 4 rings (SSSR count). The fourth-order valence-corrected chi connectivity index (χ4v) is 3.20. The molecule has 2 aromatic rings. The minimum Gasteiger partial charge on any atom is -0.457 e. The van der Waals surface area contributed by atoms with Crippen LogP contribution in [0.25, 0.3) is 0 Å². The van der Waals surface area contributed by atoms with Crippen LogP contribution in [-0.2, 0) is 0 Å².